The number of hydrogen-bond donors (Lipinski definition) is 4. The van der Waals surface area contributed by atoms with E-state index in [0.29, 0.717) is 24.0 Å². The Labute approximate surface area is 225 Å². The molecular weight excluding hydrogens is 488 g/mol. The number of carbonyl (C=O) groups excluding carboxylic acids is 2. The van der Waals surface area contributed by atoms with Crippen LogP contribution in [0.25, 0.3) is 0 Å². The standard InChI is InChI=1S/C30H44O8/c1-9-10-21(31)38-29-13-17(5)28-12-16(4)23(32)30(28,36)24(33)19(14-37-26(35)18(6)15(2)3)11-20(25(28)34)22(29)27(29,7)8/h11-12,17,20,22-25,32-34,36H,9-10,13-14H2,1-8H3/t17-,20+,22-,23+,24-,25?,28+,29+,30-/m1/s1. The molecule has 4 aliphatic rings. The van der Waals surface area contributed by atoms with Gasteiger partial charge in [-0.1, -0.05) is 45.4 Å². The maximum atomic E-state index is 12.8. The van der Waals surface area contributed by atoms with Gasteiger partial charge in [0.25, 0.3) is 0 Å². The highest BCUT2D eigenvalue weighted by atomic mass is 16.6. The van der Waals surface area contributed by atoms with Gasteiger partial charge in [0.15, 0.2) is 0 Å². The summed E-state index contributed by atoms with van der Waals surface area (Å²) < 4.78 is 11.8. The third-order valence-corrected chi connectivity index (χ3v) is 10.3. The number of allylic oxidation sites excluding steroid dienone is 1. The maximum absolute atomic E-state index is 12.8. The Hall–Kier alpha value is -2.00. The summed E-state index contributed by atoms with van der Waals surface area (Å²) in [4.78, 5) is 25.4. The predicted octanol–water partition coefficient (Wildman–Crippen LogP) is 2.98. The van der Waals surface area contributed by atoms with Crippen LogP contribution in [0, 0.1) is 28.6 Å². The minimum Gasteiger partial charge on any atom is -0.458 e. The van der Waals surface area contributed by atoms with Crippen molar-refractivity contribution in [3.63, 3.8) is 0 Å². The van der Waals surface area contributed by atoms with Crippen molar-refractivity contribution >= 4 is 11.9 Å². The van der Waals surface area contributed by atoms with Crippen molar-refractivity contribution in [3.05, 3.63) is 34.4 Å². The van der Waals surface area contributed by atoms with Crippen LogP contribution in [0.4, 0.5) is 0 Å². The van der Waals surface area contributed by atoms with Crippen LogP contribution in [-0.2, 0) is 19.1 Å². The Morgan fingerprint density at radius 1 is 1.11 bits per heavy atom. The molecule has 0 aliphatic heterocycles. The van der Waals surface area contributed by atoms with E-state index in [1.54, 1.807) is 39.8 Å². The first-order valence-electron chi connectivity index (χ1n) is 13.7. The number of hydrogen-bond acceptors (Lipinski definition) is 8. The molecular formula is C30H44O8. The molecule has 4 N–H and O–H groups in total. The zero-order valence-corrected chi connectivity index (χ0v) is 23.9. The van der Waals surface area contributed by atoms with Gasteiger partial charge in [-0.2, -0.15) is 0 Å². The Morgan fingerprint density at radius 2 is 1.74 bits per heavy atom. The number of carbonyl (C=O) groups is 2. The molecule has 2 fully saturated rings. The lowest BCUT2D eigenvalue weighted by Gasteiger charge is -2.51. The van der Waals surface area contributed by atoms with Gasteiger partial charge < -0.3 is 29.9 Å². The molecule has 0 aromatic heterocycles. The molecule has 0 heterocycles. The van der Waals surface area contributed by atoms with E-state index in [1.807, 2.05) is 27.7 Å². The second-order valence-electron chi connectivity index (χ2n) is 12.8. The Morgan fingerprint density at radius 3 is 2.32 bits per heavy atom. The monoisotopic (exact) mass is 532 g/mol. The fraction of sp³-hybridized carbons (Fsp3) is 0.733. The molecule has 8 heteroatoms. The van der Waals surface area contributed by atoms with Crippen molar-refractivity contribution in [3.8, 4) is 0 Å². The average Bonchev–Trinajstić information content (AvgIpc) is 3.25. The fourth-order valence-electron chi connectivity index (χ4n) is 7.94. The molecule has 2 bridgehead atoms. The third kappa shape index (κ3) is 3.63. The molecule has 0 amide bonds. The van der Waals surface area contributed by atoms with Crippen molar-refractivity contribution in [2.75, 3.05) is 6.61 Å². The molecule has 0 saturated heterocycles. The van der Waals surface area contributed by atoms with E-state index in [-0.39, 0.29) is 30.5 Å². The summed E-state index contributed by atoms with van der Waals surface area (Å²) in [6.07, 6.45) is 0.419. The molecule has 0 aromatic rings. The molecule has 0 radical (unpaired) electrons. The Kier molecular flexibility index (Phi) is 7.09. The summed E-state index contributed by atoms with van der Waals surface area (Å²) in [5.74, 6) is -2.27. The van der Waals surface area contributed by atoms with E-state index < -0.39 is 58.1 Å². The van der Waals surface area contributed by atoms with Gasteiger partial charge in [-0.05, 0) is 57.6 Å². The van der Waals surface area contributed by atoms with Crippen molar-refractivity contribution in [2.45, 2.75) is 104 Å². The van der Waals surface area contributed by atoms with Gasteiger partial charge in [0.05, 0.1) is 11.5 Å². The second-order valence-corrected chi connectivity index (χ2v) is 12.8. The van der Waals surface area contributed by atoms with Gasteiger partial charge in [0.2, 0.25) is 0 Å². The fourth-order valence-corrected chi connectivity index (χ4v) is 7.94. The van der Waals surface area contributed by atoms with Crippen LogP contribution >= 0.6 is 0 Å². The first-order valence-corrected chi connectivity index (χ1v) is 13.7. The molecule has 4 aliphatic carbocycles. The van der Waals surface area contributed by atoms with Gasteiger partial charge in [0.1, 0.15) is 30.0 Å². The average molecular weight is 533 g/mol. The van der Waals surface area contributed by atoms with E-state index in [2.05, 4.69) is 0 Å². The second kappa shape index (κ2) is 9.29. The van der Waals surface area contributed by atoms with Crippen molar-refractivity contribution in [1.29, 1.82) is 0 Å². The Bertz CT molecular complexity index is 1110. The van der Waals surface area contributed by atoms with Crippen LogP contribution in [0.1, 0.15) is 74.7 Å². The third-order valence-electron chi connectivity index (χ3n) is 10.3. The van der Waals surface area contributed by atoms with Crippen LogP contribution in [0.2, 0.25) is 0 Å². The Balaban J connectivity index is 1.86. The van der Waals surface area contributed by atoms with Crippen molar-refractivity contribution in [2.24, 2.45) is 28.6 Å². The summed E-state index contributed by atoms with van der Waals surface area (Å²) in [5.41, 5.74) is -3.08. The highest BCUT2D eigenvalue weighted by Gasteiger charge is 2.82. The van der Waals surface area contributed by atoms with Crippen molar-refractivity contribution in [1.82, 2.24) is 0 Å². The molecule has 38 heavy (non-hydrogen) atoms. The van der Waals surface area contributed by atoms with Crippen LogP contribution in [0.5, 0.6) is 0 Å². The highest BCUT2D eigenvalue weighted by molar-refractivity contribution is 5.88. The highest BCUT2D eigenvalue weighted by Crippen LogP contribution is 2.76. The lowest BCUT2D eigenvalue weighted by atomic mass is 9.58. The smallest absolute Gasteiger partial charge is 0.333 e. The van der Waals surface area contributed by atoms with Crippen LogP contribution in [0.15, 0.2) is 34.4 Å². The quantitative estimate of drug-likeness (QED) is 0.233. The summed E-state index contributed by atoms with van der Waals surface area (Å²) in [6, 6.07) is 0. The van der Waals surface area contributed by atoms with Crippen LogP contribution in [0.3, 0.4) is 0 Å². The molecule has 1 spiro atoms. The molecule has 0 aromatic carbocycles. The van der Waals surface area contributed by atoms with E-state index in [9.17, 15) is 30.0 Å². The zero-order chi connectivity index (χ0) is 28.6. The number of ether oxygens (including phenoxy) is 2. The first-order chi connectivity index (χ1) is 17.5. The topological polar surface area (TPSA) is 134 Å². The summed E-state index contributed by atoms with van der Waals surface area (Å²) in [6.45, 7) is 14.4. The van der Waals surface area contributed by atoms with E-state index in [4.69, 9.17) is 9.47 Å². The number of rotatable bonds is 6. The van der Waals surface area contributed by atoms with E-state index >= 15 is 0 Å². The number of esters is 2. The minimum atomic E-state index is -2.18. The molecule has 1 unspecified atom stereocenters. The zero-order valence-electron chi connectivity index (χ0n) is 23.9. The van der Waals surface area contributed by atoms with Gasteiger partial charge >= 0.3 is 11.9 Å². The largest absolute Gasteiger partial charge is 0.458 e. The van der Waals surface area contributed by atoms with Gasteiger partial charge in [0, 0.05) is 29.2 Å². The van der Waals surface area contributed by atoms with E-state index in [0.717, 1.165) is 5.57 Å². The minimum absolute atomic E-state index is 0.209. The SMILES string of the molecule is CCCC(=O)O[C@@]12C[C@@H](C)[C@]34C=C(C)[C@H](O)[C@@]3(O)[C@H](O)C(COC(=O)C(C)=C(C)C)=C[C@H](C4O)[C@@H]1C2(C)C. The first kappa shape index (κ1) is 29.0. The molecule has 4 rings (SSSR count). The van der Waals surface area contributed by atoms with Crippen LogP contribution < -0.4 is 0 Å². The lowest BCUT2D eigenvalue weighted by molar-refractivity contribution is -0.217. The van der Waals surface area contributed by atoms with Gasteiger partial charge in [-0.15, -0.1) is 0 Å². The number of aliphatic hydroxyl groups is 4. The van der Waals surface area contributed by atoms with Crippen LogP contribution in [-0.4, -0.2) is 68.5 Å². The summed E-state index contributed by atoms with van der Waals surface area (Å²) >= 11 is 0. The summed E-state index contributed by atoms with van der Waals surface area (Å²) in [7, 11) is 0. The van der Waals surface area contributed by atoms with Gasteiger partial charge in [-0.25, -0.2) is 4.79 Å². The molecule has 2 saturated carbocycles. The molecule has 9 atom stereocenters. The number of fused-ring (bicyclic) bond motifs is 3. The maximum Gasteiger partial charge on any atom is 0.333 e. The molecule has 8 nitrogen and oxygen atoms in total. The van der Waals surface area contributed by atoms with Crippen molar-refractivity contribution < 1.29 is 39.5 Å². The molecule has 212 valence electrons. The number of aliphatic hydroxyl groups excluding tert-OH is 3. The lowest BCUT2D eigenvalue weighted by Crippen LogP contribution is -2.66. The summed E-state index contributed by atoms with van der Waals surface area (Å²) in [5, 5.41) is 47.4. The van der Waals surface area contributed by atoms with Gasteiger partial charge in [-0.3, -0.25) is 4.79 Å². The normalized spacial score (nSPS) is 42.4. The van der Waals surface area contributed by atoms with E-state index in [1.165, 1.54) is 0 Å². The predicted molar refractivity (Wildman–Crippen MR) is 141 cm³/mol.